The SMILES string of the molecule is FC(F)(F)c1ccc(Cl)cc1/C=N/OCc1ccc(Cl)cc1Cl. The van der Waals surface area contributed by atoms with Crippen molar-refractivity contribution < 1.29 is 18.0 Å². The number of nitrogens with zero attached hydrogens (tertiary/aromatic N) is 1. The van der Waals surface area contributed by atoms with Crippen molar-refractivity contribution >= 4 is 41.0 Å². The normalized spacial score (nSPS) is 11.9. The summed E-state index contributed by atoms with van der Waals surface area (Å²) in [7, 11) is 0. The number of benzene rings is 2. The lowest BCUT2D eigenvalue weighted by Gasteiger charge is -2.10. The first-order valence-electron chi connectivity index (χ1n) is 6.23. The van der Waals surface area contributed by atoms with Crippen molar-refractivity contribution in [2.75, 3.05) is 0 Å². The Hall–Kier alpha value is -1.43. The third-order valence-corrected chi connectivity index (χ3v) is 3.64. The minimum atomic E-state index is -4.51. The van der Waals surface area contributed by atoms with Crippen molar-refractivity contribution in [2.24, 2.45) is 5.16 Å². The molecule has 0 aliphatic rings. The number of hydrogen-bond acceptors (Lipinski definition) is 2. The lowest BCUT2D eigenvalue weighted by Crippen LogP contribution is -2.08. The third-order valence-electron chi connectivity index (χ3n) is 2.82. The molecule has 0 aliphatic carbocycles. The summed E-state index contributed by atoms with van der Waals surface area (Å²) in [5.41, 5.74) is -0.429. The minimum Gasteiger partial charge on any atom is -0.391 e. The summed E-state index contributed by atoms with van der Waals surface area (Å²) in [5.74, 6) is 0. The van der Waals surface area contributed by atoms with Crippen molar-refractivity contribution in [3.05, 3.63) is 68.2 Å². The first-order chi connectivity index (χ1) is 10.8. The molecule has 0 atom stereocenters. The summed E-state index contributed by atoms with van der Waals surface area (Å²) in [4.78, 5) is 4.98. The summed E-state index contributed by atoms with van der Waals surface area (Å²) < 4.78 is 38.6. The summed E-state index contributed by atoms with van der Waals surface area (Å²) in [6.45, 7) is -0.00554. The highest BCUT2D eigenvalue weighted by molar-refractivity contribution is 6.35. The molecule has 2 rings (SSSR count). The van der Waals surface area contributed by atoms with Crippen molar-refractivity contribution in [2.45, 2.75) is 12.8 Å². The van der Waals surface area contributed by atoms with Crippen molar-refractivity contribution in [1.82, 2.24) is 0 Å². The molecular weight excluding hydrogens is 374 g/mol. The van der Waals surface area contributed by atoms with Gasteiger partial charge in [0.25, 0.3) is 0 Å². The number of rotatable bonds is 4. The van der Waals surface area contributed by atoms with Gasteiger partial charge in [-0.2, -0.15) is 13.2 Å². The highest BCUT2D eigenvalue weighted by atomic mass is 35.5. The van der Waals surface area contributed by atoms with Crippen LogP contribution in [-0.4, -0.2) is 6.21 Å². The molecule has 0 saturated carbocycles. The molecule has 0 aromatic heterocycles. The maximum Gasteiger partial charge on any atom is 0.417 e. The molecule has 0 amide bonds. The molecular formula is C15H9Cl3F3NO. The highest BCUT2D eigenvalue weighted by Gasteiger charge is 2.32. The van der Waals surface area contributed by atoms with Crippen LogP contribution in [0.1, 0.15) is 16.7 Å². The van der Waals surface area contributed by atoms with Crippen LogP contribution >= 0.6 is 34.8 Å². The van der Waals surface area contributed by atoms with Gasteiger partial charge in [0.05, 0.1) is 11.8 Å². The van der Waals surface area contributed by atoms with E-state index in [9.17, 15) is 13.2 Å². The van der Waals surface area contributed by atoms with Crippen LogP contribution in [-0.2, 0) is 17.6 Å². The number of halogens is 6. The monoisotopic (exact) mass is 381 g/mol. The molecule has 2 nitrogen and oxygen atoms in total. The van der Waals surface area contributed by atoms with Gasteiger partial charge in [-0.05, 0) is 30.3 Å². The van der Waals surface area contributed by atoms with Crippen LogP contribution in [0.3, 0.4) is 0 Å². The molecule has 122 valence electrons. The molecule has 0 saturated heterocycles. The average molecular weight is 383 g/mol. The van der Waals surface area contributed by atoms with Gasteiger partial charge in [-0.1, -0.05) is 46.0 Å². The van der Waals surface area contributed by atoms with Crippen LogP contribution in [0.25, 0.3) is 0 Å². The molecule has 0 unspecified atom stereocenters. The van der Waals surface area contributed by atoms with Gasteiger partial charge in [0.2, 0.25) is 0 Å². The molecule has 0 bridgehead atoms. The summed E-state index contributed by atoms with van der Waals surface area (Å²) in [6.07, 6.45) is -3.55. The quantitative estimate of drug-likeness (QED) is 0.454. The van der Waals surface area contributed by atoms with Gasteiger partial charge in [0.15, 0.2) is 0 Å². The molecule has 0 spiro atoms. The molecule has 0 aliphatic heterocycles. The Labute approximate surface area is 145 Å². The minimum absolute atomic E-state index is 0.00554. The zero-order valence-electron chi connectivity index (χ0n) is 11.4. The zero-order chi connectivity index (χ0) is 17.0. The van der Waals surface area contributed by atoms with E-state index in [2.05, 4.69) is 5.16 Å². The maximum absolute atomic E-state index is 12.9. The molecule has 2 aromatic rings. The number of hydrogen-bond donors (Lipinski definition) is 0. The standard InChI is InChI=1S/C15H9Cl3F3NO/c16-11-3-4-13(15(19,20)21)10(5-11)7-22-23-8-9-1-2-12(17)6-14(9)18/h1-7H,8H2/b22-7+. The lowest BCUT2D eigenvalue weighted by molar-refractivity contribution is -0.137. The van der Waals surface area contributed by atoms with E-state index >= 15 is 0 Å². The molecule has 0 fully saturated rings. The number of alkyl halides is 3. The Morgan fingerprint density at radius 3 is 2.30 bits per heavy atom. The van der Waals surface area contributed by atoms with E-state index in [1.807, 2.05) is 0 Å². The van der Waals surface area contributed by atoms with Crippen LogP contribution in [0.4, 0.5) is 13.2 Å². The van der Waals surface area contributed by atoms with Crippen molar-refractivity contribution in [3.63, 3.8) is 0 Å². The fraction of sp³-hybridized carbons (Fsp3) is 0.133. The molecule has 0 N–H and O–H groups in total. The van der Waals surface area contributed by atoms with Crippen molar-refractivity contribution in [3.8, 4) is 0 Å². The number of oxime groups is 1. The van der Waals surface area contributed by atoms with Crippen LogP contribution in [0.5, 0.6) is 0 Å². The van der Waals surface area contributed by atoms with Crippen LogP contribution < -0.4 is 0 Å². The average Bonchev–Trinajstić information content (AvgIpc) is 2.44. The van der Waals surface area contributed by atoms with Gasteiger partial charge < -0.3 is 4.84 Å². The van der Waals surface area contributed by atoms with Gasteiger partial charge in [0, 0.05) is 26.2 Å². The fourth-order valence-electron chi connectivity index (χ4n) is 1.74. The predicted octanol–water partition coefficient (Wildman–Crippen LogP) is 6.22. The third kappa shape index (κ3) is 5.03. The highest BCUT2D eigenvalue weighted by Crippen LogP contribution is 2.32. The van der Waals surface area contributed by atoms with E-state index < -0.39 is 11.7 Å². The van der Waals surface area contributed by atoms with Crippen molar-refractivity contribution in [1.29, 1.82) is 0 Å². The second-order valence-electron chi connectivity index (χ2n) is 4.47. The molecule has 8 heteroatoms. The summed E-state index contributed by atoms with van der Waals surface area (Å²) >= 11 is 17.4. The van der Waals surface area contributed by atoms with E-state index in [0.717, 1.165) is 24.4 Å². The van der Waals surface area contributed by atoms with E-state index in [0.29, 0.717) is 15.6 Å². The van der Waals surface area contributed by atoms with Gasteiger partial charge in [-0.3, -0.25) is 0 Å². The Balaban J connectivity index is 2.10. The molecule has 2 aromatic carbocycles. The Bertz CT molecular complexity index is 732. The smallest absolute Gasteiger partial charge is 0.391 e. The van der Waals surface area contributed by atoms with Gasteiger partial charge in [-0.25, -0.2) is 0 Å². The fourth-order valence-corrected chi connectivity index (χ4v) is 2.38. The summed E-state index contributed by atoms with van der Waals surface area (Å²) in [6, 6.07) is 8.00. The van der Waals surface area contributed by atoms with E-state index in [4.69, 9.17) is 39.6 Å². The van der Waals surface area contributed by atoms with Gasteiger partial charge in [0.1, 0.15) is 6.61 Å². The van der Waals surface area contributed by atoms with Gasteiger partial charge in [-0.15, -0.1) is 0 Å². The van der Waals surface area contributed by atoms with Crippen LogP contribution in [0.2, 0.25) is 15.1 Å². The zero-order valence-corrected chi connectivity index (χ0v) is 13.6. The maximum atomic E-state index is 12.9. The first-order valence-corrected chi connectivity index (χ1v) is 7.37. The van der Waals surface area contributed by atoms with E-state index in [1.165, 1.54) is 6.07 Å². The van der Waals surface area contributed by atoms with Crippen LogP contribution in [0.15, 0.2) is 41.6 Å². The van der Waals surface area contributed by atoms with E-state index in [-0.39, 0.29) is 17.2 Å². The molecule has 0 radical (unpaired) electrons. The lowest BCUT2D eigenvalue weighted by atomic mass is 10.1. The summed E-state index contributed by atoms with van der Waals surface area (Å²) in [5, 5.41) is 4.56. The van der Waals surface area contributed by atoms with Gasteiger partial charge >= 0.3 is 6.18 Å². The Morgan fingerprint density at radius 1 is 1.00 bits per heavy atom. The molecule has 23 heavy (non-hydrogen) atoms. The first kappa shape index (κ1) is 17.9. The Morgan fingerprint density at radius 2 is 1.65 bits per heavy atom. The molecule has 0 heterocycles. The van der Waals surface area contributed by atoms with E-state index in [1.54, 1.807) is 12.1 Å². The Kier molecular flexibility index (Phi) is 5.79. The largest absolute Gasteiger partial charge is 0.417 e. The topological polar surface area (TPSA) is 21.6 Å². The predicted molar refractivity (Wildman–Crippen MR) is 85.3 cm³/mol. The van der Waals surface area contributed by atoms with Crippen LogP contribution in [0, 0.1) is 0 Å². The second kappa shape index (κ2) is 7.43. The second-order valence-corrected chi connectivity index (χ2v) is 5.75.